The summed E-state index contributed by atoms with van der Waals surface area (Å²) in [4.78, 5) is 28.4. The maximum atomic E-state index is 14.5. The molecular formula is C24H21FN2O7. The summed E-state index contributed by atoms with van der Waals surface area (Å²) in [5.74, 6) is 0.123. The van der Waals surface area contributed by atoms with E-state index in [4.69, 9.17) is 18.9 Å². The van der Waals surface area contributed by atoms with Gasteiger partial charge in [0.15, 0.2) is 17.6 Å². The van der Waals surface area contributed by atoms with E-state index in [0.29, 0.717) is 17.2 Å². The predicted molar refractivity (Wildman–Crippen MR) is 117 cm³/mol. The average Bonchev–Trinajstić information content (AvgIpc) is 3.31. The number of fused-ring (bicyclic) bond motifs is 1. The molecule has 4 rings (SSSR count). The van der Waals surface area contributed by atoms with E-state index in [1.54, 1.807) is 30.3 Å². The molecule has 2 aromatic carbocycles. The second-order valence-corrected chi connectivity index (χ2v) is 7.19. The minimum Gasteiger partial charge on any atom is -0.479 e. The number of nitrogens with zero attached hydrogens (tertiary/aromatic N) is 1. The van der Waals surface area contributed by atoms with Crippen molar-refractivity contribution in [2.75, 3.05) is 13.9 Å². The van der Waals surface area contributed by atoms with Crippen LogP contribution >= 0.6 is 0 Å². The van der Waals surface area contributed by atoms with Gasteiger partial charge in [-0.1, -0.05) is 6.07 Å². The highest BCUT2D eigenvalue weighted by Gasteiger charge is 2.19. The standard InChI is InChI=1S/C24H21FN2O7/c1-14(24(29)30-2)33-16-6-5-15(19(25)10-16)12-27-22(28)18-4-3-9-26-23(18)34-17-7-8-20-21(11-17)32-13-31-20/h3-11,14H,12-13H2,1-2H3,(H,27,28)/t14-/m1/s1. The normalized spacial score (nSPS) is 12.6. The first-order valence-corrected chi connectivity index (χ1v) is 10.3. The van der Waals surface area contributed by atoms with Crippen LogP contribution in [-0.2, 0) is 16.1 Å². The van der Waals surface area contributed by atoms with Gasteiger partial charge in [-0.15, -0.1) is 0 Å². The Balaban J connectivity index is 1.41. The van der Waals surface area contributed by atoms with Gasteiger partial charge in [-0.25, -0.2) is 14.2 Å². The van der Waals surface area contributed by atoms with Crippen molar-refractivity contribution in [3.63, 3.8) is 0 Å². The van der Waals surface area contributed by atoms with Crippen molar-refractivity contribution in [2.45, 2.75) is 19.6 Å². The van der Waals surface area contributed by atoms with Gasteiger partial charge in [0.2, 0.25) is 12.7 Å². The van der Waals surface area contributed by atoms with Crippen LogP contribution in [0.4, 0.5) is 4.39 Å². The van der Waals surface area contributed by atoms with Crippen LogP contribution in [0.2, 0.25) is 0 Å². The van der Waals surface area contributed by atoms with E-state index in [2.05, 4.69) is 15.0 Å². The molecule has 1 aliphatic heterocycles. The first-order valence-electron chi connectivity index (χ1n) is 10.3. The number of hydrogen-bond acceptors (Lipinski definition) is 8. The van der Waals surface area contributed by atoms with Crippen LogP contribution in [0.5, 0.6) is 28.9 Å². The van der Waals surface area contributed by atoms with Gasteiger partial charge in [-0.2, -0.15) is 0 Å². The Hall–Kier alpha value is -4.34. The topological polar surface area (TPSA) is 105 Å². The summed E-state index contributed by atoms with van der Waals surface area (Å²) in [5.41, 5.74) is 0.404. The van der Waals surface area contributed by atoms with Crippen LogP contribution < -0.4 is 24.3 Å². The molecule has 34 heavy (non-hydrogen) atoms. The Morgan fingerprint density at radius 2 is 1.91 bits per heavy atom. The Labute approximate surface area is 194 Å². The third kappa shape index (κ3) is 5.17. The maximum Gasteiger partial charge on any atom is 0.346 e. The van der Waals surface area contributed by atoms with E-state index in [0.717, 1.165) is 6.07 Å². The molecule has 0 fully saturated rings. The second kappa shape index (κ2) is 10.1. The lowest BCUT2D eigenvalue weighted by Crippen LogP contribution is -2.25. The number of ether oxygens (including phenoxy) is 5. The lowest BCUT2D eigenvalue weighted by Gasteiger charge is -2.14. The maximum absolute atomic E-state index is 14.5. The van der Waals surface area contributed by atoms with E-state index < -0.39 is 23.8 Å². The number of carbonyl (C=O) groups excluding carboxylic acids is 2. The molecule has 0 unspecified atom stereocenters. The van der Waals surface area contributed by atoms with Crippen molar-refractivity contribution in [1.29, 1.82) is 0 Å². The summed E-state index contributed by atoms with van der Waals surface area (Å²) in [7, 11) is 1.24. The van der Waals surface area contributed by atoms with Gasteiger partial charge < -0.3 is 29.0 Å². The van der Waals surface area contributed by atoms with Gasteiger partial charge in [0.25, 0.3) is 5.91 Å². The Bertz CT molecular complexity index is 1220. The number of esters is 1. The lowest BCUT2D eigenvalue weighted by molar-refractivity contribution is -0.147. The number of pyridine rings is 1. The summed E-state index contributed by atoms with van der Waals surface area (Å²) < 4.78 is 40.8. The van der Waals surface area contributed by atoms with Crippen LogP contribution in [0.3, 0.4) is 0 Å². The molecule has 1 N–H and O–H groups in total. The van der Waals surface area contributed by atoms with E-state index in [1.165, 1.54) is 32.4 Å². The molecule has 0 radical (unpaired) electrons. The highest BCUT2D eigenvalue weighted by Crippen LogP contribution is 2.36. The van der Waals surface area contributed by atoms with Crippen molar-refractivity contribution in [2.24, 2.45) is 0 Å². The van der Waals surface area contributed by atoms with E-state index >= 15 is 0 Å². The van der Waals surface area contributed by atoms with Gasteiger partial charge in [0, 0.05) is 30.4 Å². The first-order chi connectivity index (χ1) is 16.4. The number of rotatable bonds is 8. The van der Waals surface area contributed by atoms with Crippen LogP contribution in [0.25, 0.3) is 0 Å². The number of halogens is 1. The fourth-order valence-corrected chi connectivity index (χ4v) is 3.13. The third-order valence-electron chi connectivity index (χ3n) is 4.88. The number of methoxy groups -OCH3 is 1. The molecule has 2 heterocycles. The average molecular weight is 468 g/mol. The summed E-state index contributed by atoms with van der Waals surface area (Å²) in [5, 5.41) is 2.65. The summed E-state index contributed by atoms with van der Waals surface area (Å²) in [6, 6.07) is 12.2. The van der Waals surface area contributed by atoms with Gasteiger partial charge in [-0.3, -0.25) is 4.79 Å². The molecule has 0 saturated carbocycles. The zero-order chi connectivity index (χ0) is 24.1. The van der Waals surface area contributed by atoms with Crippen molar-refractivity contribution in [3.8, 4) is 28.9 Å². The van der Waals surface area contributed by atoms with Gasteiger partial charge >= 0.3 is 5.97 Å². The van der Waals surface area contributed by atoms with Gasteiger partial charge in [0.05, 0.1) is 7.11 Å². The fraction of sp³-hybridized carbons (Fsp3) is 0.208. The molecule has 1 aromatic heterocycles. The largest absolute Gasteiger partial charge is 0.479 e. The smallest absolute Gasteiger partial charge is 0.346 e. The molecule has 0 spiro atoms. The molecule has 0 aliphatic carbocycles. The SMILES string of the molecule is COC(=O)[C@@H](C)Oc1ccc(CNC(=O)c2cccnc2Oc2ccc3c(c2)OCO3)c(F)c1. The van der Waals surface area contributed by atoms with Crippen LogP contribution in [0, 0.1) is 5.82 Å². The molecule has 3 aromatic rings. The molecule has 0 bridgehead atoms. The first kappa shape index (κ1) is 22.8. The molecule has 1 atom stereocenters. The highest BCUT2D eigenvalue weighted by molar-refractivity contribution is 5.96. The number of benzene rings is 2. The number of carbonyl (C=O) groups is 2. The highest BCUT2D eigenvalue weighted by atomic mass is 19.1. The molecular weight excluding hydrogens is 447 g/mol. The van der Waals surface area contributed by atoms with Crippen molar-refractivity contribution >= 4 is 11.9 Å². The molecule has 0 saturated heterocycles. The van der Waals surface area contributed by atoms with Gasteiger partial charge in [-0.05, 0) is 37.3 Å². The number of hydrogen-bond donors (Lipinski definition) is 1. The molecule has 1 amide bonds. The van der Waals surface area contributed by atoms with Crippen molar-refractivity contribution in [1.82, 2.24) is 10.3 Å². The van der Waals surface area contributed by atoms with E-state index in [-0.39, 0.29) is 36.1 Å². The monoisotopic (exact) mass is 468 g/mol. The molecule has 176 valence electrons. The minimum atomic E-state index is -0.885. The Morgan fingerprint density at radius 1 is 1.12 bits per heavy atom. The predicted octanol–water partition coefficient (Wildman–Crippen LogP) is 3.61. The minimum absolute atomic E-state index is 0.0832. The molecule has 10 heteroatoms. The zero-order valence-electron chi connectivity index (χ0n) is 18.4. The van der Waals surface area contributed by atoms with E-state index in [9.17, 15) is 14.0 Å². The summed E-state index contributed by atoms with van der Waals surface area (Å²) in [6.07, 6.45) is 0.607. The Morgan fingerprint density at radius 3 is 2.71 bits per heavy atom. The van der Waals surface area contributed by atoms with Crippen LogP contribution in [0.1, 0.15) is 22.8 Å². The fourth-order valence-electron chi connectivity index (χ4n) is 3.13. The number of nitrogens with one attached hydrogen (secondary N) is 1. The zero-order valence-corrected chi connectivity index (χ0v) is 18.4. The molecule has 9 nitrogen and oxygen atoms in total. The summed E-state index contributed by atoms with van der Waals surface area (Å²) >= 11 is 0. The van der Waals surface area contributed by atoms with Crippen molar-refractivity contribution in [3.05, 3.63) is 71.7 Å². The Kier molecular flexibility index (Phi) is 6.77. The molecule has 1 aliphatic rings. The van der Waals surface area contributed by atoms with E-state index in [1.807, 2.05) is 0 Å². The van der Waals surface area contributed by atoms with Gasteiger partial charge in [0.1, 0.15) is 22.9 Å². The second-order valence-electron chi connectivity index (χ2n) is 7.19. The van der Waals surface area contributed by atoms with Crippen molar-refractivity contribution < 1.29 is 37.7 Å². The number of aromatic nitrogens is 1. The third-order valence-corrected chi connectivity index (χ3v) is 4.88. The van der Waals surface area contributed by atoms with Crippen LogP contribution in [0.15, 0.2) is 54.7 Å². The van der Waals surface area contributed by atoms with Crippen LogP contribution in [-0.4, -0.2) is 36.9 Å². The summed E-state index contributed by atoms with van der Waals surface area (Å²) in [6.45, 7) is 1.54. The quantitative estimate of drug-likeness (QED) is 0.500. The number of amides is 1. The lowest BCUT2D eigenvalue weighted by atomic mass is 10.2.